The molecule has 0 spiro atoms. The molecular weight excluding hydrogens is 428 g/mol. The van der Waals surface area contributed by atoms with Crippen LogP contribution in [0.5, 0.6) is 0 Å². The molecule has 13 heteroatoms. The number of aromatic nitrogens is 7. The summed E-state index contributed by atoms with van der Waals surface area (Å²) in [5.74, 6) is 1.96. The monoisotopic (exact) mass is 450 g/mol. The number of morpholine rings is 1. The Balaban J connectivity index is 1.51. The van der Waals surface area contributed by atoms with Gasteiger partial charge in [-0.05, 0) is 41.6 Å². The first-order valence-corrected chi connectivity index (χ1v) is 12.3. The minimum absolute atomic E-state index is 0.252. The zero-order chi connectivity index (χ0) is 21.1. The van der Waals surface area contributed by atoms with Crippen molar-refractivity contribution in [3.63, 3.8) is 0 Å². The summed E-state index contributed by atoms with van der Waals surface area (Å²) < 4.78 is 32.4. The van der Waals surface area contributed by atoms with E-state index in [1.54, 1.807) is 28.9 Å². The molecule has 1 aromatic carbocycles. The molecule has 0 atom stereocenters. The van der Waals surface area contributed by atoms with Crippen LogP contribution in [-0.4, -0.2) is 75.9 Å². The number of sulfone groups is 1. The van der Waals surface area contributed by atoms with Crippen LogP contribution in [-0.2, 0) is 26.9 Å². The lowest BCUT2D eigenvalue weighted by Gasteiger charge is -2.27. The van der Waals surface area contributed by atoms with E-state index in [-0.39, 0.29) is 4.90 Å². The van der Waals surface area contributed by atoms with Gasteiger partial charge in [-0.25, -0.2) is 8.42 Å². The van der Waals surface area contributed by atoms with Crippen LogP contribution in [0.1, 0.15) is 12.7 Å². The Morgan fingerprint density at radius 2 is 1.83 bits per heavy atom. The van der Waals surface area contributed by atoms with Crippen LogP contribution >= 0.6 is 11.8 Å². The molecule has 1 saturated heterocycles. The smallest absolute Gasteiger partial charge is 0.228 e. The summed E-state index contributed by atoms with van der Waals surface area (Å²) in [6.07, 6.45) is 1.18. The average Bonchev–Trinajstić information content (AvgIpc) is 3.39. The van der Waals surface area contributed by atoms with Gasteiger partial charge in [-0.15, -0.1) is 15.3 Å². The fraction of sp³-hybridized carbons (Fsp3) is 0.471. The zero-order valence-corrected chi connectivity index (χ0v) is 18.3. The lowest BCUT2D eigenvalue weighted by molar-refractivity contribution is 0.121. The fourth-order valence-corrected chi connectivity index (χ4v) is 4.66. The molecule has 0 bridgehead atoms. The molecule has 0 aliphatic carbocycles. The first-order chi connectivity index (χ1) is 14.5. The van der Waals surface area contributed by atoms with Crippen molar-refractivity contribution in [3.05, 3.63) is 30.1 Å². The number of ether oxygens (including phenoxy) is 1. The van der Waals surface area contributed by atoms with E-state index < -0.39 is 9.84 Å². The number of hydrogen-bond donors (Lipinski definition) is 0. The highest BCUT2D eigenvalue weighted by molar-refractivity contribution is 7.98. The van der Waals surface area contributed by atoms with E-state index in [9.17, 15) is 8.42 Å². The van der Waals surface area contributed by atoms with E-state index >= 15 is 0 Å². The summed E-state index contributed by atoms with van der Waals surface area (Å²) in [6.45, 7) is 5.78. The van der Waals surface area contributed by atoms with Crippen LogP contribution in [0.25, 0.3) is 5.69 Å². The first kappa shape index (κ1) is 20.8. The quantitative estimate of drug-likeness (QED) is 0.478. The Bertz CT molecular complexity index is 1100. The van der Waals surface area contributed by atoms with Crippen molar-refractivity contribution in [2.45, 2.75) is 29.3 Å². The van der Waals surface area contributed by atoms with E-state index in [1.165, 1.54) is 18.0 Å². The molecule has 3 heterocycles. The number of benzene rings is 1. The molecule has 1 aliphatic rings. The van der Waals surface area contributed by atoms with Crippen molar-refractivity contribution < 1.29 is 13.2 Å². The Kier molecular flexibility index (Phi) is 6.01. The molecule has 0 unspecified atom stereocenters. The number of tetrazole rings is 1. The molecule has 0 amide bonds. The molecule has 3 aromatic rings. The molecule has 0 radical (unpaired) electrons. The predicted molar refractivity (Wildman–Crippen MR) is 111 cm³/mol. The van der Waals surface area contributed by atoms with Gasteiger partial charge in [-0.1, -0.05) is 11.8 Å². The third-order valence-corrected chi connectivity index (χ3v) is 6.77. The minimum atomic E-state index is -3.25. The van der Waals surface area contributed by atoms with Crippen LogP contribution < -0.4 is 4.90 Å². The van der Waals surface area contributed by atoms with E-state index in [0.717, 1.165) is 30.7 Å². The number of anilines is 1. The van der Waals surface area contributed by atoms with Crippen molar-refractivity contribution in [1.82, 2.24) is 35.0 Å². The Morgan fingerprint density at radius 3 is 2.50 bits per heavy atom. The molecule has 1 aliphatic heterocycles. The zero-order valence-electron chi connectivity index (χ0n) is 16.7. The molecule has 0 N–H and O–H groups in total. The lowest BCUT2D eigenvalue weighted by Crippen LogP contribution is -2.38. The molecule has 11 nitrogen and oxygen atoms in total. The second kappa shape index (κ2) is 8.70. The van der Waals surface area contributed by atoms with Crippen molar-refractivity contribution in [1.29, 1.82) is 0 Å². The summed E-state index contributed by atoms with van der Waals surface area (Å²) in [4.78, 5) is 2.43. The standard InChI is InChI=1S/C17H22N8O3S2/c1-3-24-16(23-8-10-28-11-9-23)19-20-17(24)29-12-15-18-21-22-25(15)13-4-6-14(7-5-13)30(2,26)27/h4-7H,3,8-12H2,1-2H3. The first-order valence-electron chi connectivity index (χ1n) is 9.44. The molecule has 30 heavy (non-hydrogen) atoms. The summed E-state index contributed by atoms with van der Waals surface area (Å²) >= 11 is 1.50. The van der Waals surface area contributed by atoms with Gasteiger partial charge in [0.05, 0.1) is 29.5 Å². The Labute approximate surface area is 178 Å². The number of rotatable bonds is 7. The molecular formula is C17H22N8O3S2. The Hall–Kier alpha value is -2.51. The van der Waals surface area contributed by atoms with Gasteiger partial charge in [0.25, 0.3) is 0 Å². The normalized spacial score (nSPS) is 14.9. The maximum Gasteiger partial charge on any atom is 0.228 e. The van der Waals surface area contributed by atoms with Gasteiger partial charge < -0.3 is 9.64 Å². The molecule has 4 rings (SSSR count). The van der Waals surface area contributed by atoms with Crippen LogP contribution in [0.2, 0.25) is 0 Å². The van der Waals surface area contributed by atoms with Gasteiger partial charge in [0.15, 0.2) is 20.8 Å². The molecule has 1 fully saturated rings. The van der Waals surface area contributed by atoms with E-state index in [4.69, 9.17) is 4.74 Å². The highest BCUT2D eigenvalue weighted by Crippen LogP contribution is 2.25. The largest absolute Gasteiger partial charge is 0.378 e. The second-order valence-electron chi connectivity index (χ2n) is 6.69. The topological polar surface area (TPSA) is 121 Å². The number of thioether (sulfide) groups is 1. The van der Waals surface area contributed by atoms with E-state index in [2.05, 4.69) is 42.1 Å². The van der Waals surface area contributed by atoms with Gasteiger partial charge in [0.2, 0.25) is 5.95 Å². The Morgan fingerprint density at radius 1 is 1.10 bits per heavy atom. The van der Waals surface area contributed by atoms with Crippen LogP contribution in [0, 0.1) is 0 Å². The highest BCUT2D eigenvalue weighted by Gasteiger charge is 2.20. The van der Waals surface area contributed by atoms with Crippen molar-refractivity contribution in [3.8, 4) is 5.69 Å². The fourth-order valence-electron chi connectivity index (χ4n) is 3.12. The predicted octanol–water partition coefficient (Wildman–Crippen LogP) is 0.806. The number of hydrogen-bond acceptors (Lipinski definition) is 10. The summed E-state index contributed by atoms with van der Waals surface area (Å²) in [6, 6.07) is 6.47. The van der Waals surface area contributed by atoms with Gasteiger partial charge in [0.1, 0.15) is 0 Å². The third-order valence-electron chi connectivity index (χ3n) is 4.68. The molecule has 0 saturated carbocycles. The van der Waals surface area contributed by atoms with Crippen LogP contribution in [0.4, 0.5) is 5.95 Å². The SMILES string of the molecule is CCn1c(SCc2nnnn2-c2ccc(S(C)(=O)=O)cc2)nnc1N1CCOCC1. The van der Waals surface area contributed by atoms with Gasteiger partial charge in [0, 0.05) is 25.9 Å². The van der Waals surface area contributed by atoms with Crippen molar-refractivity contribution in [2.75, 3.05) is 37.5 Å². The van der Waals surface area contributed by atoms with Crippen LogP contribution in [0.15, 0.2) is 34.3 Å². The highest BCUT2D eigenvalue weighted by atomic mass is 32.2. The van der Waals surface area contributed by atoms with Crippen molar-refractivity contribution in [2.24, 2.45) is 0 Å². The average molecular weight is 451 g/mol. The summed E-state index contributed by atoms with van der Waals surface area (Å²) in [7, 11) is -3.25. The minimum Gasteiger partial charge on any atom is -0.378 e. The molecule has 2 aromatic heterocycles. The molecule has 160 valence electrons. The number of nitrogens with zero attached hydrogens (tertiary/aromatic N) is 8. The second-order valence-corrected chi connectivity index (χ2v) is 9.65. The maximum atomic E-state index is 11.7. The summed E-state index contributed by atoms with van der Waals surface area (Å²) in [5, 5.41) is 21.4. The summed E-state index contributed by atoms with van der Waals surface area (Å²) in [5.41, 5.74) is 0.689. The third kappa shape index (κ3) is 4.32. The van der Waals surface area contributed by atoms with Gasteiger partial charge >= 0.3 is 0 Å². The van der Waals surface area contributed by atoms with Gasteiger partial charge in [-0.3, -0.25) is 4.57 Å². The van der Waals surface area contributed by atoms with E-state index in [1.807, 2.05) is 0 Å². The van der Waals surface area contributed by atoms with Crippen LogP contribution in [0.3, 0.4) is 0 Å². The van der Waals surface area contributed by atoms with Crippen molar-refractivity contribution >= 4 is 27.5 Å². The maximum absolute atomic E-state index is 11.7. The lowest BCUT2D eigenvalue weighted by atomic mass is 10.3. The van der Waals surface area contributed by atoms with E-state index in [0.29, 0.717) is 30.5 Å². The van der Waals surface area contributed by atoms with Gasteiger partial charge in [-0.2, -0.15) is 4.68 Å².